The minimum Gasteiger partial charge on any atom is -0.305 e. The highest BCUT2D eigenvalue weighted by atomic mass is 15.3. The van der Waals surface area contributed by atoms with Crippen LogP contribution in [0.3, 0.4) is 0 Å². The number of aromatic nitrogens is 3. The number of rotatable bonds is 5. The molecule has 0 aliphatic carbocycles. The highest BCUT2D eigenvalue weighted by molar-refractivity contribution is 5.74. The van der Waals surface area contributed by atoms with Gasteiger partial charge < -0.3 is 14.7 Å². The lowest BCUT2D eigenvalue weighted by Gasteiger charge is -2.35. The molecule has 4 aromatic rings. The molecule has 7 heteroatoms. The van der Waals surface area contributed by atoms with Gasteiger partial charge in [-0.1, -0.05) is 36.4 Å². The molecule has 2 atom stereocenters. The van der Waals surface area contributed by atoms with Crippen LogP contribution >= 0.6 is 0 Å². The van der Waals surface area contributed by atoms with Crippen LogP contribution < -0.4 is 0 Å². The predicted octanol–water partition coefficient (Wildman–Crippen LogP) is 5.02. The highest BCUT2D eigenvalue weighted by Crippen LogP contribution is 2.29. The monoisotopic (exact) mass is 561 g/mol. The lowest BCUT2D eigenvalue weighted by Crippen LogP contribution is -2.46. The van der Waals surface area contributed by atoms with Gasteiger partial charge in [-0.25, -0.2) is 4.98 Å². The van der Waals surface area contributed by atoms with E-state index in [1.807, 2.05) is 48.8 Å². The van der Waals surface area contributed by atoms with Gasteiger partial charge in [0, 0.05) is 58.2 Å². The first-order valence-electron chi connectivity index (χ1n) is 15.5. The Hall–Kier alpha value is -3.49. The number of fused-ring (bicyclic) bond motifs is 3. The standard InChI is InChI=1S/C35H43N7/c1-39-16-6-17-41-23-22-40(21-20-39)18-7-19-42(25-24-41)28-29-10-12-30(13-11-29)31-26-34(32-8-2-4-14-36-32)38-35(27-31)33-9-3-5-15-37-33/h2-5,8-15,26-27H,6-7,16-25,28H2,1H3. The van der Waals surface area contributed by atoms with Crippen LogP contribution in [0.25, 0.3) is 33.9 Å². The number of likely N-dealkylation sites (N-methyl/N-ethyl adjacent to an activating group) is 1. The molecule has 3 aromatic heterocycles. The van der Waals surface area contributed by atoms with Crippen LogP contribution in [0.15, 0.2) is 85.2 Å². The Bertz CT molecular complexity index is 1340. The maximum atomic E-state index is 4.93. The van der Waals surface area contributed by atoms with Crippen LogP contribution in [-0.2, 0) is 6.54 Å². The molecule has 218 valence electrons. The number of hydrogen-bond acceptors (Lipinski definition) is 7. The van der Waals surface area contributed by atoms with E-state index in [0.29, 0.717) is 0 Å². The molecule has 2 fully saturated rings. The van der Waals surface area contributed by atoms with Crippen molar-refractivity contribution < 1.29 is 0 Å². The molecule has 2 saturated heterocycles. The zero-order valence-electron chi connectivity index (χ0n) is 24.9. The van der Waals surface area contributed by atoms with E-state index in [9.17, 15) is 0 Å². The molecule has 0 radical (unpaired) electrons. The Morgan fingerprint density at radius 2 is 1.14 bits per heavy atom. The van der Waals surface area contributed by atoms with Gasteiger partial charge in [0.15, 0.2) is 0 Å². The molecule has 0 amide bonds. The Kier molecular flexibility index (Phi) is 9.62. The van der Waals surface area contributed by atoms with Crippen molar-refractivity contribution in [3.8, 4) is 33.9 Å². The maximum absolute atomic E-state index is 4.93. The summed E-state index contributed by atoms with van der Waals surface area (Å²) < 4.78 is 0. The van der Waals surface area contributed by atoms with Crippen molar-refractivity contribution >= 4 is 0 Å². The van der Waals surface area contributed by atoms with Gasteiger partial charge in [0.1, 0.15) is 0 Å². The molecule has 2 unspecified atom stereocenters. The summed E-state index contributed by atoms with van der Waals surface area (Å²) in [6.45, 7) is 12.8. The number of benzene rings is 1. The molecule has 7 nitrogen and oxygen atoms in total. The second-order valence-corrected chi connectivity index (χ2v) is 11.7. The van der Waals surface area contributed by atoms with Crippen LogP contribution in [0.5, 0.6) is 0 Å². The maximum Gasteiger partial charge on any atom is 0.0900 e. The van der Waals surface area contributed by atoms with Gasteiger partial charge in [0.25, 0.3) is 0 Å². The van der Waals surface area contributed by atoms with Crippen molar-refractivity contribution in [2.75, 3.05) is 72.5 Å². The number of hydrogen-bond donors (Lipinski definition) is 0. The molecule has 5 heterocycles. The summed E-state index contributed by atoms with van der Waals surface area (Å²) in [4.78, 5) is 24.6. The van der Waals surface area contributed by atoms with Gasteiger partial charge in [0.05, 0.1) is 22.8 Å². The molecule has 1 aromatic carbocycles. The summed E-state index contributed by atoms with van der Waals surface area (Å²) in [7, 11) is 2.27. The Balaban J connectivity index is 1.19. The van der Waals surface area contributed by atoms with Crippen LogP contribution in [0, 0.1) is 0 Å². The summed E-state index contributed by atoms with van der Waals surface area (Å²) in [6.07, 6.45) is 6.12. The minimum absolute atomic E-state index is 0.857. The van der Waals surface area contributed by atoms with Gasteiger partial charge in [-0.2, -0.15) is 0 Å². The lowest BCUT2D eigenvalue weighted by atomic mass is 10.0. The molecular weight excluding hydrogens is 518 g/mol. The van der Waals surface area contributed by atoms with Crippen LogP contribution in [0.1, 0.15) is 18.4 Å². The smallest absolute Gasteiger partial charge is 0.0900 e. The SMILES string of the molecule is CN1CCCN2CCN(CCCN(Cc3ccc(-c4cc(-c5ccccn5)nc(-c5ccccn5)c4)cc3)CC2)CC1. The van der Waals surface area contributed by atoms with Crippen molar-refractivity contribution in [3.63, 3.8) is 0 Å². The van der Waals surface area contributed by atoms with E-state index in [0.717, 1.165) is 54.5 Å². The van der Waals surface area contributed by atoms with E-state index in [1.165, 1.54) is 69.8 Å². The first kappa shape index (κ1) is 28.6. The van der Waals surface area contributed by atoms with E-state index >= 15 is 0 Å². The zero-order chi connectivity index (χ0) is 28.6. The van der Waals surface area contributed by atoms with Crippen LogP contribution in [0.4, 0.5) is 0 Å². The predicted molar refractivity (Wildman–Crippen MR) is 171 cm³/mol. The fourth-order valence-electron chi connectivity index (χ4n) is 6.06. The molecule has 0 spiro atoms. The van der Waals surface area contributed by atoms with Gasteiger partial charge in [0.2, 0.25) is 0 Å². The summed E-state index contributed by atoms with van der Waals surface area (Å²) in [6, 6.07) is 25.3. The minimum atomic E-state index is 0.857. The van der Waals surface area contributed by atoms with E-state index in [1.54, 1.807) is 0 Å². The third kappa shape index (κ3) is 7.66. The third-order valence-electron chi connectivity index (χ3n) is 8.60. The fourth-order valence-corrected chi connectivity index (χ4v) is 6.06. The summed E-state index contributed by atoms with van der Waals surface area (Å²) in [5.74, 6) is 0. The van der Waals surface area contributed by atoms with Gasteiger partial charge in [-0.15, -0.1) is 0 Å². The van der Waals surface area contributed by atoms with E-state index in [2.05, 4.69) is 73.0 Å². The van der Waals surface area contributed by atoms with Crippen LogP contribution in [0.2, 0.25) is 0 Å². The lowest BCUT2D eigenvalue weighted by molar-refractivity contribution is 0.125. The highest BCUT2D eigenvalue weighted by Gasteiger charge is 2.17. The first-order chi connectivity index (χ1) is 20.7. The van der Waals surface area contributed by atoms with Crippen molar-refractivity contribution in [3.05, 3.63) is 90.8 Å². The summed E-state index contributed by atoms with van der Waals surface area (Å²) in [5, 5.41) is 0. The number of nitrogens with zero attached hydrogens (tertiary/aromatic N) is 7. The third-order valence-corrected chi connectivity index (χ3v) is 8.60. The van der Waals surface area contributed by atoms with Crippen molar-refractivity contribution in [1.82, 2.24) is 34.6 Å². The quantitative estimate of drug-likeness (QED) is 0.339. The molecule has 2 aliphatic heterocycles. The van der Waals surface area contributed by atoms with Crippen molar-refractivity contribution in [2.24, 2.45) is 0 Å². The Labute approximate surface area is 250 Å². The molecule has 0 saturated carbocycles. The van der Waals surface area contributed by atoms with Gasteiger partial charge in [-0.3, -0.25) is 14.9 Å². The van der Waals surface area contributed by atoms with Crippen molar-refractivity contribution in [1.29, 1.82) is 0 Å². The Morgan fingerprint density at radius 1 is 0.548 bits per heavy atom. The number of pyridine rings is 3. The van der Waals surface area contributed by atoms with Gasteiger partial charge >= 0.3 is 0 Å². The van der Waals surface area contributed by atoms with Crippen LogP contribution in [-0.4, -0.2) is 107 Å². The van der Waals surface area contributed by atoms with Gasteiger partial charge in [-0.05, 0) is 99.2 Å². The average molecular weight is 562 g/mol. The molecule has 0 N–H and O–H groups in total. The molecule has 2 bridgehead atoms. The van der Waals surface area contributed by atoms with E-state index in [4.69, 9.17) is 4.98 Å². The average Bonchev–Trinajstić information content (AvgIpc) is 3.05. The second kappa shape index (κ2) is 14.1. The Morgan fingerprint density at radius 3 is 1.76 bits per heavy atom. The fraction of sp³-hybridized carbons (Fsp3) is 0.400. The molecular formula is C35H43N7. The second-order valence-electron chi connectivity index (χ2n) is 11.7. The summed E-state index contributed by atoms with van der Waals surface area (Å²) >= 11 is 0. The largest absolute Gasteiger partial charge is 0.305 e. The first-order valence-corrected chi connectivity index (χ1v) is 15.5. The molecule has 42 heavy (non-hydrogen) atoms. The zero-order valence-corrected chi connectivity index (χ0v) is 24.9. The normalized spacial score (nSPS) is 21.2. The van der Waals surface area contributed by atoms with E-state index in [-0.39, 0.29) is 0 Å². The topological polar surface area (TPSA) is 51.6 Å². The summed E-state index contributed by atoms with van der Waals surface area (Å²) in [5.41, 5.74) is 7.11. The van der Waals surface area contributed by atoms with Crippen molar-refractivity contribution in [2.45, 2.75) is 19.4 Å². The molecule has 2 aliphatic rings. The van der Waals surface area contributed by atoms with E-state index < -0.39 is 0 Å². The molecule has 6 rings (SSSR count).